The van der Waals surface area contributed by atoms with Gasteiger partial charge in [0.25, 0.3) is 0 Å². The zero-order chi connectivity index (χ0) is 12.3. The highest BCUT2D eigenvalue weighted by molar-refractivity contribution is 4.86. The maximum absolute atomic E-state index is 3.60. The van der Waals surface area contributed by atoms with Crippen LogP contribution in [-0.2, 0) is 0 Å². The first-order chi connectivity index (χ1) is 8.15. The summed E-state index contributed by atoms with van der Waals surface area (Å²) in [6.45, 7) is 10.9. The Morgan fingerprint density at radius 3 is 2.65 bits per heavy atom. The van der Waals surface area contributed by atoms with Crippen LogP contribution < -0.4 is 5.32 Å². The van der Waals surface area contributed by atoms with E-state index in [0.29, 0.717) is 6.04 Å². The average Bonchev–Trinajstić information content (AvgIpc) is 2.74. The molecule has 2 unspecified atom stereocenters. The number of hydrogen-bond acceptors (Lipinski definition) is 3. The van der Waals surface area contributed by atoms with Crippen LogP contribution in [0.25, 0.3) is 0 Å². The summed E-state index contributed by atoms with van der Waals surface area (Å²) in [7, 11) is 2.25. The van der Waals surface area contributed by atoms with Gasteiger partial charge in [-0.15, -0.1) is 0 Å². The summed E-state index contributed by atoms with van der Waals surface area (Å²) in [5, 5.41) is 3.60. The quantitative estimate of drug-likeness (QED) is 0.800. The summed E-state index contributed by atoms with van der Waals surface area (Å²) in [4.78, 5) is 5.22. The predicted octanol–water partition coefficient (Wildman–Crippen LogP) is 1.40. The van der Waals surface area contributed by atoms with Crippen molar-refractivity contribution in [2.75, 3.05) is 39.8 Å². The minimum Gasteiger partial charge on any atom is -0.314 e. The summed E-state index contributed by atoms with van der Waals surface area (Å²) >= 11 is 0. The van der Waals surface area contributed by atoms with Gasteiger partial charge in [0.2, 0.25) is 0 Å². The van der Waals surface area contributed by atoms with Gasteiger partial charge in [-0.05, 0) is 51.9 Å². The lowest BCUT2D eigenvalue weighted by molar-refractivity contribution is 0.124. The van der Waals surface area contributed by atoms with Crippen molar-refractivity contribution in [3.8, 4) is 0 Å². The van der Waals surface area contributed by atoms with Crippen molar-refractivity contribution in [2.24, 2.45) is 5.92 Å². The second kappa shape index (κ2) is 6.17. The monoisotopic (exact) mass is 239 g/mol. The molecule has 2 fully saturated rings. The molecule has 0 aromatic rings. The first-order valence-electron chi connectivity index (χ1n) is 7.31. The maximum Gasteiger partial charge on any atom is 0.0235 e. The van der Waals surface area contributed by atoms with Crippen molar-refractivity contribution < 1.29 is 0 Å². The molecule has 2 atom stereocenters. The van der Waals surface area contributed by atoms with Gasteiger partial charge >= 0.3 is 0 Å². The summed E-state index contributed by atoms with van der Waals surface area (Å²) in [5.74, 6) is 0.872. The van der Waals surface area contributed by atoms with Crippen molar-refractivity contribution >= 4 is 0 Å². The molecule has 2 heterocycles. The van der Waals surface area contributed by atoms with Crippen LogP contribution in [0.2, 0.25) is 0 Å². The van der Waals surface area contributed by atoms with Crippen LogP contribution in [-0.4, -0.2) is 61.7 Å². The van der Waals surface area contributed by atoms with Crippen molar-refractivity contribution in [2.45, 2.75) is 45.2 Å². The van der Waals surface area contributed by atoms with E-state index in [4.69, 9.17) is 0 Å². The van der Waals surface area contributed by atoms with Gasteiger partial charge in [0.05, 0.1) is 0 Å². The lowest BCUT2D eigenvalue weighted by atomic mass is 9.96. The molecule has 2 aliphatic rings. The first kappa shape index (κ1) is 13.3. The molecule has 0 aromatic carbocycles. The highest BCUT2D eigenvalue weighted by Crippen LogP contribution is 2.22. The van der Waals surface area contributed by atoms with E-state index in [1.807, 2.05) is 0 Å². The van der Waals surface area contributed by atoms with Crippen molar-refractivity contribution in [3.63, 3.8) is 0 Å². The predicted molar refractivity (Wildman–Crippen MR) is 73.3 cm³/mol. The molecule has 2 saturated heterocycles. The van der Waals surface area contributed by atoms with Gasteiger partial charge in [-0.2, -0.15) is 0 Å². The van der Waals surface area contributed by atoms with E-state index in [-0.39, 0.29) is 0 Å². The van der Waals surface area contributed by atoms with E-state index >= 15 is 0 Å². The van der Waals surface area contributed by atoms with Gasteiger partial charge in [-0.1, -0.05) is 13.8 Å². The highest BCUT2D eigenvalue weighted by atomic mass is 15.2. The van der Waals surface area contributed by atoms with Gasteiger partial charge in [-0.25, -0.2) is 0 Å². The third kappa shape index (κ3) is 3.94. The van der Waals surface area contributed by atoms with Crippen LogP contribution in [0.5, 0.6) is 0 Å². The molecule has 17 heavy (non-hydrogen) atoms. The molecule has 3 nitrogen and oxygen atoms in total. The van der Waals surface area contributed by atoms with Gasteiger partial charge in [0.1, 0.15) is 0 Å². The van der Waals surface area contributed by atoms with E-state index in [1.165, 1.54) is 52.0 Å². The van der Waals surface area contributed by atoms with Crippen LogP contribution in [0.15, 0.2) is 0 Å². The van der Waals surface area contributed by atoms with E-state index < -0.39 is 0 Å². The number of nitrogens with one attached hydrogen (secondary N) is 1. The molecule has 0 bridgehead atoms. The fourth-order valence-electron chi connectivity index (χ4n) is 3.21. The lowest BCUT2D eigenvalue weighted by Crippen LogP contribution is -2.46. The zero-order valence-corrected chi connectivity index (χ0v) is 11.8. The molecule has 1 N–H and O–H groups in total. The zero-order valence-electron chi connectivity index (χ0n) is 11.8. The van der Waals surface area contributed by atoms with Gasteiger partial charge in [0.15, 0.2) is 0 Å². The summed E-state index contributed by atoms with van der Waals surface area (Å²) < 4.78 is 0. The normalized spacial score (nSPS) is 32.5. The van der Waals surface area contributed by atoms with Crippen molar-refractivity contribution in [1.29, 1.82) is 0 Å². The number of rotatable bonds is 4. The number of likely N-dealkylation sites (N-methyl/N-ethyl adjacent to an activating group) is 1. The van der Waals surface area contributed by atoms with E-state index in [0.717, 1.165) is 12.0 Å². The Morgan fingerprint density at radius 1 is 1.18 bits per heavy atom. The molecule has 0 amide bonds. The number of piperidine rings is 1. The fourth-order valence-corrected chi connectivity index (χ4v) is 3.21. The number of likely N-dealkylation sites (tertiary alicyclic amines) is 2. The van der Waals surface area contributed by atoms with Crippen LogP contribution in [0, 0.1) is 5.92 Å². The molecule has 2 rings (SSSR count). The summed E-state index contributed by atoms with van der Waals surface area (Å²) in [6, 6.07) is 1.46. The van der Waals surface area contributed by atoms with Crippen LogP contribution in [0.4, 0.5) is 0 Å². The smallest absolute Gasteiger partial charge is 0.0235 e. The molecule has 0 aliphatic carbocycles. The molecule has 3 heteroatoms. The number of nitrogens with zero attached hydrogens (tertiary/aromatic N) is 2. The van der Waals surface area contributed by atoms with Crippen LogP contribution in [0.3, 0.4) is 0 Å². The van der Waals surface area contributed by atoms with E-state index in [9.17, 15) is 0 Å². The van der Waals surface area contributed by atoms with Gasteiger partial charge < -0.3 is 10.2 Å². The van der Waals surface area contributed by atoms with Gasteiger partial charge in [-0.3, -0.25) is 4.90 Å². The Morgan fingerprint density at radius 2 is 2.00 bits per heavy atom. The van der Waals surface area contributed by atoms with Crippen molar-refractivity contribution in [3.05, 3.63) is 0 Å². The maximum atomic E-state index is 3.60. The topological polar surface area (TPSA) is 18.5 Å². The first-order valence-corrected chi connectivity index (χ1v) is 7.31. The third-order valence-corrected chi connectivity index (χ3v) is 4.25. The standard InChI is InChI=1S/C14H29N3/c1-12(2)15-9-13-5-4-7-17(10-13)14-6-8-16(3)11-14/h12-15H,4-11H2,1-3H3. The Labute approximate surface area is 107 Å². The van der Waals surface area contributed by atoms with Crippen LogP contribution in [0.1, 0.15) is 33.1 Å². The molecule has 0 spiro atoms. The second-order valence-electron chi connectivity index (χ2n) is 6.27. The second-order valence-corrected chi connectivity index (χ2v) is 6.27. The van der Waals surface area contributed by atoms with Gasteiger partial charge in [0, 0.05) is 25.2 Å². The van der Waals surface area contributed by atoms with E-state index in [2.05, 4.69) is 36.0 Å². The lowest BCUT2D eigenvalue weighted by Gasteiger charge is -2.37. The molecule has 100 valence electrons. The number of hydrogen-bond donors (Lipinski definition) is 1. The average molecular weight is 239 g/mol. The molecule has 2 aliphatic heterocycles. The molecular formula is C14H29N3. The Kier molecular flexibility index (Phi) is 4.83. The summed E-state index contributed by atoms with van der Waals surface area (Å²) in [6.07, 6.45) is 4.18. The molecule has 0 radical (unpaired) electrons. The summed E-state index contributed by atoms with van der Waals surface area (Å²) in [5.41, 5.74) is 0. The molecule has 0 saturated carbocycles. The van der Waals surface area contributed by atoms with E-state index in [1.54, 1.807) is 0 Å². The minimum absolute atomic E-state index is 0.628. The SMILES string of the molecule is CC(C)NCC1CCCN(C2CCN(C)C2)C1. The highest BCUT2D eigenvalue weighted by Gasteiger charge is 2.29. The Balaban J connectivity index is 1.76. The third-order valence-electron chi connectivity index (χ3n) is 4.25. The van der Waals surface area contributed by atoms with Crippen LogP contribution >= 0.6 is 0 Å². The molecular weight excluding hydrogens is 210 g/mol. The molecule has 0 aromatic heterocycles. The Hall–Kier alpha value is -0.120. The fraction of sp³-hybridized carbons (Fsp3) is 1.00. The van der Waals surface area contributed by atoms with Crippen molar-refractivity contribution in [1.82, 2.24) is 15.1 Å². The Bertz CT molecular complexity index is 230. The largest absolute Gasteiger partial charge is 0.314 e. The minimum atomic E-state index is 0.628.